The number of hydrogen-bond donors (Lipinski definition) is 1. The Kier molecular flexibility index (Phi) is 3.76. The van der Waals surface area contributed by atoms with Crippen molar-refractivity contribution in [2.24, 2.45) is 17.8 Å². The molecule has 0 radical (unpaired) electrons. The van der Waals surface area contributed by atoms with E-state index in [2.05, 4.69) is 15.9 Å². The molecule has 2 bridgehead atoms. The first-order valence-corrected chi connectivity index (χ1v) is 8.14. The second-order valence-corrected chi connectivity index (χ2v) is 7.21. The Hall–Kier alpha value is -1.03. The van der Waals surface area contributed by atoms with Gasteiger partial charge in [-0.1, -0.05) is 6.42 Å². The average molecular weight is 337 g/mol. The predicted molar refractivity (Wildman–Crippen MR) is 84.5 cm³/mol. The van der Waals surface area contributed by atoms with Gasteiger partial charge in [0.2, 0.25) is 0 Å². The van der Waals surface area contributed by atoms with E-state index >= 15 is 0 Å². The number of halogens is 1. The summed E-state index contributed by atoms with van der Waals surface area (Å²) in [4.78, 5) is 14.4. The van der Waals surface area contributed by atoms with Gasteiger partial charge in [0.1, 0.15) is 0 Å². The minimum absolute atomic E-state index is 0.0620. The molecule has 2 aliphatic rings. The predicted octanol–water partition coefficient (Wildman–Crippen LogP) is 3.54. The number of nitrogens with two attached hydrogens (primary N) is 1. The van der Waals surface area contributed by atoms with E-state index in [-0.39, 0.29) is 5.91 Å². The lowest BCUT2D eigenvalue weighted by atomic mass is 9.88. The number of amides is 1. The van der Waals surface area contributed by atoms with Crippen molar-refractivity contribution in [2.45, 2.75) is 25.7 Å². The fraction of sp³-hybridized carbons (Fsp3) is 0.562. The third kappa shape index (κ3) is 2.58. The van der Waals surface area contributed by atoms with Gasteiger partial charge in [-0.05, 0) is 71.1 Å². The van der Waals surface area contributed by atoms with Gasteiger partial charge in [0.05, 0.1) is 5.56 Å². The third-order valence-corrected chi connectivity index (χ3v) is 5.65. The zero-order chi connectivity index (χ0) is 14.3. The van der Waals surface area contributed by atoms with Crippen LogP contribution in [0.15, 0.2) is 22.7 Å². The highest BCUT2D eigenvalue weighted by Crippen LogP contribution is 2.48. The summed E-state index contributed by atoms with van der Waals surface area (Å²) in [5.41, 5.74) is 7.08. The maximum absolute atomic E-state index is 12.6. The molecule has 20 heavy (non-hydrogen) atoms. The van der Waals surface area contributed by atoms with Crippen molar-refractivity contribution in [3.8, 4) is 0 Å². The van der Waals surface area contributed by atoms with E-state index in [0.717, 1.165) is 22.9 Å². The highest BCUT2D eigenvalue weighted by atomic mass is 79.9. The van der Waals surface area contributed by atoms with Gasteiger partial charge in [-0.15, -0.1) is 0 Å². The van der Waals surface area contributed by atoms with Gasteiger partial charge in [0.25, 0.3) is 5.91 Å². The molecule has 4 heteroatoms. The number of carbonyl (C=O) groups is 1. The van der Waals surface area contributed by atoms with Crippen molar-refractivity contribution in [1.29, 1.82) is 0 Å². The molecule has 0 spiro atoms. The summed E-state index contributed by atoms with van der Waals surface area (Å²) in [6.45, 7) is 0.876. The lowest BCUT2D eigenvalue weighted by molar-refractivity contribution is 0.0753. The van der Waals surface area contributed by atoms with E-state index < -0.39 is 0 Å². The first kappa shape index (κ1) is 13.9. The molecule has 2 aliphatic carbocycles. The normalized spacial score (nSPS) is 27.8. The molecule has 0 aromatic heterocycles. The van der Waals surface area contributed by atoms with E-state index in [1.165, 1.54) is 25.7 Å². The van der Waals surface area contributed by atoms with Crippen LogP contribution < -0.4 is 5.73 Å². The lowest BCUT2D eigenvalue weighted by Crippen LogP contribution is -2.34. The number of nitrogens with zero attached hydrogens (tertiary/aromatic N) is 1. The second-order valence-electron chi connectivity index (χ2n) is 6.36. The van der Waals surface area contributed by atoms with Crippen molar-refractivity contribution >= 4 is 27.5 Å². The van der Waals surface area contributed by atoms with Crippen LogP contribution >= 0.6 is 15.9 Å². The van der Waals surface area contributed by atoms with Crippen LogP contribution in [0.2, 0.25) is 0 Å². The molecule has 1 aromatic rings. The summed E-state index contributed by atoms with van der Waals surface area (Å²) in [7, 11) is 1.91. The molecule has 3 unspecified atom stereocenters. The van der Waals surface area contributed by atoms with Gasteiger partial charge in [0.15, 0.2) is 0 Å². The second kappa shape index (κ2) is 5.40. The van der Waals surface area contributed by atoms with E-state index in [1.54, 1.807) is 12.1 Å². The minimum atomic E-state index is 0.0620. The van der Waals surface area contributed by atoms with Gasteiger partial charge in [-0.2, -0.15) is 0 Å². The third-order valence-electron chi connectivity index (χ3n) is 4.96. The number of benzene rings is 1. The van der Waals surface area contributed by atoms with Crippen LogP contribution in [0.1, 0.15) is 36.0 Å². The molecule has 3 rings (SSSR count). The first-order chi connectivity index (χ1) is 9.54. The van der Waals surface area contributed by atoms with E-state index in [0.29, 0.717) is 17.2 Å². The summed E-state index contributed by atoms with van der Waals surface area (Å²) in [5, 5.41) is 0. The number of rotatable bonds is 3. The van der Waals surface area contributed by atoms with E-state index in [1.807, 2.05) is 18.0 Å². The Labute approximate surface area is 128 Å². The topological polar surface area (TPSA) is 46.3 Å². The van der Waals surface area contributed by atoms with E-state index in [9.17, 15) is 4.79 Å². The smallest absolute Gasteiger partial charge is 0.254 e. The quantitative estimate of drug-likeness (QED) is 0.858. The zero-order valence-corrected chi connectivity index (χ0v) is 13.4. The van der Waals surface area contributed by atoms with Gasteiger partial charge in [-0.3, -0.25) is 4.79 Å². The molecular formula is C16H21BrN2O. The van der Waals surface area contributed by atoms with Crippen molar-refractivity contribution in [1.82, 2.24) is 4.90 Å². The summed E-state index contributed by atoms with van der Waals surface area (Å²) >= 11 is 3.44. The molecule has 3 nitrogen and oxygen atoms in total. The van der Waals surface area contributed by atoms with Crippen molar-refractivity contribution < 1.29 is 4.79 Å². The summed E-state index contributed by atoms with van der Waals surface area (Å²) in [6.07, 6.45) is 5.45. The Morgan fingerprint density at radius 1 is 1.40 bits per heavy atom. The fourth-order valence-corrected chi connectivity index (χ4v) is 4.36. The molecule has 1 amide bonds. The molecule has 0 heterocycles. The van der Waals surface area contributed by atoms with Crippen LogP contribution in [0.25, 0.3) is 0 Å². The molecule has 2 fully saturated rings. The van der Waals surface area contributed by atoms with Crippen LogP contribution in [0.4, 0.5) is 5.69 Å². The Bertz CT molecular complexity index is 531. The van der Waals surface area contributed by atoms with Crippen LogP contribution in [-0.2, 0) is 0 Å². The molecule has 2 N–H and O–H groups in total. The van der Waals surface area contributed by atoms with Crippen LogP contribution in [0.3, 0.4) is 0 Å². The largest absolute Gasteiger partial charge is 0.399 e. The number of fused-ring (bicyclic) bond motifs is 2. The van der Waals surface area contributed by atoms with Crippen LogP contribution in [-0.4, -0.2) is 24.4 Å². The number of hydrogen-bond acceptors (Lipinski definition) is 2. The highest BCUT2D eigenvalue weighted by Gasteiger charge is 2.40. The Morgan fingerprint density at radius 3 is 2.85 bits per heavy atom. The van der Waals surface area contributed by atoms with Crippen molar-refractivity contribution in [2.75, 3.05) is 19.3 Å². The Morgan fingerprint density at radius 2 is 2.20 bits per heavy atom. The van der Waals surface area contributed by atoms with Gasteiger partial charge in [-0.25, -0.2) is 0 Å². The van der Waals surface area contributed by atoms with Gasteiger partial charge >= 0.3 is 0 Å². The molecule has 3 atom stereocenters. The zero-order valence-electron chi connectivity index (χ0n) is 11.8. The summed E-state index contributed by atoms with van der Waals surface area (Å²) < 4.78 is 0.816. The summed E-state index contributed by atoms with van der Waals surface area (Å²) in [5.74, 6) is 2.53. The highest BCUT2D eigenvalue weighted by molar-refractivity contribution is 9.10. The summed E-state index contributed by atoms with van der Waals surface area (Å²) in [6, 6.07) is 5.40. The monoisotopic (exact) mass is 336 g/mol. The maximum atomic E-state index is 12.6. The van der Waals surface area contributed by atoms with Gasteiger partial charge in [0, 0.05) is 23.8 Å². The Balaban J connectivity index is 1.69. The fourth-order valence-electron chi connectivity index (χ4n) is 3.95. The van der Waals surface area contributed by atoms with Crippen LogP contribution in [0.5, 0.6) is 0 Å². The number of anilines is 1. The average Bonchev–Trinajstić information content (AvgIpc) is 3.03. The number of nitrogen functional groups attached to an aromatic ring is 1. The first-order valence-electron chi connectivity index (χ1n) is 7.35. The minimum Gasteiger partial charge on any atom is -0.399 e. The molecule has 0 aliphatic heterocycles. The standard InChI is InChI=1S/C16H21BrN2O/c1-19(9-12-7-10-2-3-11(12)6-10)16(20)14-8-13(18)4-5-15(14)17/h4-5,8,10-12H,2-3,6-7,9,18H2,1H3. The van der Waals surface area contributed by atoms with E-state index in [4.69, 9.17) is 5.73 Å². The molecule has 1 aromatic carbocycles. The van der Waals surface area contributed by atoms with Crippen LogP contribution in [0, 0.1) is 17.8 Å². The molecule has 2 saturated carbocycles. The molecule has 0 saturated heterocycles. The van der Waals surface area contributed by atoms with Crippen molar-refractivity contribution in [3.63, 3.8) is 0 Å². The number of carbonyl (C=O) groups excluding carboxylic acids is 1. The van der Waals surface area contributed by atoms with Crippen molar-refractivity contribution in [3.05, 3.63) is 28.2 Å². The molecule has 108 valence electrons. The SMILES string of the molecule is CN(CC1CC2CCC1C2)C(=O)c1cc(N)ccc1Br. The van der Waals surface area contributed by atoms with Gasteiger partial charge < -0.3 is 10.6 Å². The maximum Gasteiger partial charge on any atom is 0.254 e. The lowest BCUT2D eigenvalue weighted by Gasteiger charge is -2.27. The molecular weight excluding hydrogens is 316 g/mol.